The molecule has 0 atom stereocenters. The van der Waals surface area contributed by atoms with Crippen molar-refractivity contribution < 1.29 is 4.39 Å². The van der Waals surface area contributed by atoms with E-state index in [2.05, 4.69) is 6.07 Å². The van der Waals surface area contributed by atoms with E-state index in [4.69, 9.17) is 5.73 Å². The Morgan fingerprint density at radius 3 is 2.65 bits per heavy atom. The highest BCUT2D eigenvalue weighted by atomic mass is 19.1. The summed E-state index contributed by atoms with van der Waals surface area (Å²) in [5.74, 6) is -0.143. The van der Waals surface area contributed by atoms with Crippen LogP contribution in [0, 0.1) is 5.82 Å². The van der Waals surface area contributed by atoms with Gasteiger partial charge in [0.1, 0.15) is 5.82 Å². The quantitative estimate of drug-likeness (QED) is 0.839. The van der Waals surface area contributed by atoms with Crippen LogP contribution in [-0.4, -0.2) is 6.54 Å². The lowest BCUT2D eigenvalue weighted by atomic mass is 9.64. The molecular formula is C15H16FN. The number of fused-ring (bicyclic) bond motifs is 1. The highest BCUT2D eigenvalue weighted by molar-refractivity contribution is 5.84. The molecule has 1 saturated carbocycles. The van der Waals surface area contributed by atoms with Gasteiger partial charge in [-0.2, -0.15) is 0 Å². The number of hydrogen-bond donors (Lipinski definition) is 1. The third kappa shape index (κ3) is 1.55. The van der Waals surface area contributed by atoms with E-state index in [9.17, 15) is 4.39 Å². The van der Waals surface area contributed by atoms with Gasteiger partial charge in [-0.05, 0) is 35.9 Å². The van der Waals surface area contributed by atoms with Crippen LogP contribution in [0.15, 0.2) is 36.4 Å². The molecule has 0 radical (unpaired) electrons. The van der Waals surface area contributed by atoms with E-state index in [1.807, 2.05) is 18.2 Å². The van der Waals surface area contributed by atoms with Gasteiger partial charge in [0.05, 0.1) is 0 Å². The monoisotopic (exact) mass is 229 g/mol. The molecule has 0 amide bonds. The molecule has 3 rings (SSSR count). The zero-order valence-corrected chi connectivity index (χ0v) is 9.75. The molecule has 17 heavy (non-hydrogen) atoms. The largest absolute Gasteiger partial charge is 0.330 e. The summed E-state index contributed by atoms with van der Waals surface area (Å²) in [6.45, 7) is 0.660. The Balaban J connectivity index is 2.16. The van der Waals surface area contributed by atoms with Crippen LogP contribution in [0.4, 0.5) is 4.39 Å². The minimum atomic E-state index is -0.143. The molecule has 0 heterocycles. The van der Waals surface area contributed by atoms with Crippen LogP contribution in [0.25, 0.3) is 10.8 Å². The normalized spacial score (nSPS) is 18.0. The Morgan fingerprint density at radius 2 is 2.00 bits per heavy atom. The second kappa shape index (κ2) is 3.81. The lowest BCUT2D eigenvalue weighted by Gasteiger charge is -2.41. The van der Waals surface area contributed by atoms with Crippen molar-refractivity contribution in [2.45, 2.75) is 24.7 Å². The lowest BCUT2D eigenvalue weighted by molar-refractivity contribution is 0.253. The van der Waals surface area contributed by atoms with Crippen LogP contribution in [0.2, 0.25) is 0 Å². The van der Waals surface area contributed by atoms with Crippen LogP contribution < -0.4 is 5.73 Å². The zero-order valence-electron chi connectivity index (χ0n) is 9.75. The maximum atomic E-state index is 13.7. The van der Waals surface area contributed by atoms with Crippen LogP contribution in [-0.2, 0) is 5.41 Å². The molecule has 2 aromatic rings. The van der Waals surface area contributed by atoms with Gasteiger partial charge in [0, 0.05) is 17.3 Å². The molecule has 1 nitrogen and oxygen atoms in total. The molecule has 0 aromatic heterocycles. The Kier molecular flexibility index (Phi) is 2.40. The van der Waals surface area contributed by atoms with Crippen molar-refractivity contribution in [1.82, 2.24) is 0 Å². The fourth-order valence-corrected chi connectivity index (χ4v) is 2.78. The average Bonchev–Trinajstić information content (AvgIpc) is 2.29. The first-order valence-corrected chi connectivity index (χ1v) is 6.14. The van der Waals surface area contributed by atoms with Crippen LogP contribution in [0.5, 0.6) is 0 Å². The van der Waals surface area contributed by atoms with Crippen molar-refractivity contribution >= 4 is 10.8 Å². The zero-order chi connectivity index (χ0) is 11.9. The molecule has 1 fully saturated rings. The molecule has 0 aliphatic heterocycles. The summed E-state index contributed by atoms with van der Waals surface area (Å²) in [6, 6.07) is 11.3. The van der Waals surface area contributed by atoms with Gasteiger partial charge in [-0.3, -0.25) is 0 Å². The smallest absolute Gasteiger partial charge is 0.131 e. The fourth-order valence-electron chi connectivity index (χ4n) is 2.78. The van der Waals surface area contributed by atoms with Gasteiger partial charge < -0.3 is 5.73 Å². The third-order valence-corrected chi connectivity index (χ3v) is 4.14. The minimum absolute atomic E-state index is 0.108. The summed E-state index contributed by atoms with van der Waals surface area (Å²) in [6.07, 6.45) is 3.49. The predicted octanol–water partition coefficient (Wildman–Crippen LogP) is 3.36. The number of hydrogen-bond acceptors (Lipinski definition) is 1. The fraction of sp³-hybridized carbons (Fsp3) is 0.333. The summed E-state index contributed by atoms with van der Waals surface area (Å²) in [7, 11) is 0. The van der Waals surface area contributed by atoms with Crippen molar-refractivity contribution in [3.8, 4) is 0 Å². The van der Waals surface area contributed by atoms with Gasteiger partial charge in [-0.25, -0.2) is 4.39 Å². The molecule has 88 valence electrons. The summed E-state index contributed by atoms with van der Waals surface area (Å²) in [5, 5.41) is 1.67. The first-order valence-electron chi connectivity index (χ1n) is 6.14. The first kappa shape index (κ1) is 10.7. The van der Waals surface area contributed by atoms with E-state index in [1.165, 1.54) is 18.1 Å². The van der Waals surface area contributed by atoms with Crippen LogP contribution in [0.3, 0.4) is 0 Å². The topological polar surface area (TPSA) is 26.0 Å². The van der Waals surface area contributed by atoms with E-state index in [0.717, 1.165) is 18.2 Å². The maximum Gasteiger partial charge on any atom is 0.131 e. The number of halogens is 1. The molecule has 2 aromatic carbocycles. The molecule has 1 aliphatic rings. The summed E-state index contributed by atoms with van der Waals surface area (Å²) in [4.78, 5) is 0. The molecule has 0 bridgehead atoms. The van der Waals surface area contributed by atoms with Crippen LogP contribution >= 0.6 is 0 Å². The number of nitrogens with two attached hydrogens (primary N) is 1. The standard InChI is InChI=1S/C15H16FN/c16-14-4-1-3-11-5-6-12(9-13(11)14)15(10-17)7-2-8-15/h1,3-6,9H,2,7-8,10,17H2. The van der Waals surface area contributed by atoms with Crippen LogP contribution in [0.1, 0.15) is 24.8 Å². The molecule has 1 aliphatic carbocycles. The van der Waals surface area contributed by atoms with Gasteiger partial charge in [0.2, 0.25) is 0 Å². The van der Waals surface area contributed by atoms with Gasteiger partial charge in [0.25, 0.3) is 0 Å². The summed E-state index contributed by atoms with van der Waals surface area (Å²) in [5.41, 5.74) is 7.19. The van der Waals surface area contributed by atoms with Gasteiger partial charge in [-0.1, -0.05) is 30.7 Å². The van der Waals surface area contributed by atoms with E-state index < -0.39 is 0 Å². The highest BCUT2D eigenvalue weighted by Crippen LogP contribution is 2.43. The van der Waals surface area contributed by atoms with Gasteiger partial charge in [-0.15, -0.1) is 0 Å². The Hall–Kier alpha value is -1.41. The predicted molar refractivity (Wildman–Crippen MR) is 68.5 cm³/mol. The summed E-state index contributed by atoms with van der Waals surface area (Å²) >= 11 is 0. The third-order valence-electron chi connectivity index (χ3n) is 4.14. The number of benzene rings is 2. The van der Waals surface area contributed by atoms with Crippen molar-refractivity contribution in [2.75, 3.05) is 6.54 Å². The summed E-state index contributed by atoms with van der Waals surface area (Å²) < 4.78 is 13.7. The molecular weight excluding hydrogens is 213 g/mol. The van der Waals surface area contributed by atoms with Crippen molar-refractivity contribution in [2.24, 2.45) is 5.73 Å². The highest BCUT2D eigenvalue weighted by Gasteiger charge is 2.37. The van der Waals surface area contributed by atoms with Gasteiger partial charge >= 0.3 is 0 Å². The average molecular weight is 229 g/mol. The van der Waals surface area contributed by atoms with Crippen molar-refractivity contribution in [3.05, 3.63) is 47.8 Å². The second-order valence-corrected chi connectivity index (χ2v) is 5.01. The minimum Gasteiger partial charge on any atom is -0.330 e. The Bertz CT molecular complexity index is 552. The second-order valence-electron chi connectivity index (χ2n) is 5.01. The molecule has 0 saturated heterocycles. The number of rotatable bonds is 2. The Labute approximate surface area is 100 Å². The molecule has 2 N–H and O–H groups in total. The van der Waals surface area contributed by atoms with E-state index >= 15 is 0 Å². The van der Waals surface area contributed by atoms with Crippen molar-refractivity contribution in [3.63, 3.8) is 0 Å². The Morgan fingerprint density at radius 1 is 1.18 bits per heavy atom. The molecule has 2 heteroatoms. The van der Waals surface area contributed by atoms with E-state index in [0.29, 0.717) is 11.9 Å². The SMILES string of the molecule is NCC1(c2ccc3cccc(F)c3c2)CCC1. The molecule has 0 unspecified atom stereocenters. The lowest BCUT2D eigenvalue weighted by Crippen LogP contribution is -2.41. The first-order chi connectivity index (χ1) is 8.25. The molecule has 0 spiro atoms. The van der Waals surface area contributed by atoms with Crippen molar-refractivity contribution in [1.29, 1.82) is 0 Å². The van der Waals surface area contributed by atoms with Gasteiger partial charge in [0.15, 0.2) is 0 Å². The maximum absolute atomic E-state index is 13.7. The van der Waals surface area contributed by atoms with E-state index in [1.54, 1.807) is 6.07 Å². The van der Waals surface area contributed by atoms with E-state index in [-0.39, 0.29) is 11.2 Å².